The van der Waals surface area contributed by atoms with Gasteiger partial charge >= 0.3 is 6.03 Å². The van der Waals surface area contributed by atoms with E-state index in [4.69, 9.17) is 0 Å². The average molecular weight is 390 g/mol. The Balaban J connectivity index is 2.49. The highest BCUT2D eigenvalue weighted by Crippen LogP contribution is 2.27. The molecule has 1 aromatic carbocycles. The SMILES string of the molecule is CC(=O)N(C(=O)NC(C)C)S(=O)(=O)c1cnccc1Nc1cccc(C)c1. The number of urea groups is 1. The summed E-state index contributed by atoms with van der Waals surface area (Å²) in [6.45, 7) is 6.25. The molecule has 0 unspecified atom stereocenters. The van der Waals surface area contributed by atoms with Crippen molar-refractivity contribution in [2.24, 2.45) is 0 Å². The number of aryl methyl sites for hydroxylation is 1. The van der Waals surface area contributed by atoms with Crippen LogP contribution in [0.15, 0.2) is 47.6 Å². The molecule has 144 valence electrons. The number of amides is 3. The monoisotopic (exact) mass is 390 g/mol. The van der Waals surface area contributed by atoms with Crippen molar-refractivity contribution in [3.8, 4) is 0 Å². The van der Waals surface area contributed by atoms with Gasteiger partial charge in [-0.1, -0.05) is 12.1 Å². The highest BCUT2D eigenvalue weighted by atomic mass is 32.2. The Kier molecular flexibility index (Phi) is 6.17. The zero-order valence-electron chi connectivity index (χ0n) is 15.6. The largest absolute Gasteiger partial charge is 0.354 e. The quantitative estimate of drug-likeness (QED) is 0.813. The first kappa shape index (κ1) is 20.4. The van der Waals surface area contributed by atoms with Crippen LogP contribution in [0.5, 0.6) is 0 Å². The standard InChI is InChI=1S/C18H22N4O4S/c1-12(2)20-18(24)22(14(4)23)27(25,26)17-11-19-9-8-16(17)21-15-7-5-6-13(3)10-15/h5-12H,1-4H3,(H,19,21)(H,20,24). The zero-order valence-corrected chi connectivity index (χ0v) is 16.4. The van der Waals surface area contributed by atoms with Gasteiger partial charge in [-0.3, -0.25) is 9.78 Å². The third-order valence-corrected chi connectivity index (χ3v) is 5.27. The fourth-order valence-corrected chi connectivity index (χ4v) is 3.79. The summed E-state index contributed by atoms with van der Waals surface area (Å²) in [6.07, 6.45) is 2.52. The normalized spacial score (nSPS) is 11.1. The van der Waals surface area contributed by atoms with Crippen LogP contribution < -0.4 is 10.6 Å². The van der Waals surface area contributed by atoms with Gasteiger partial charge in [0, 0.05) is 31.0 Å². The van der Waals surface area contributed by atoms with Crippen molar-refractivity contribution in [2.45, 2.75) is 38.6 Å². The van der Waals surface area contributed by atoms with E-state index in [1.54, 1.807) is 19.9 Å². The minimum absolute atomic E-state index is 0.208. The number of anilines is 2. The van der Waals surface area contributed by atoms with Gasteiger partial charge < -0.3 is 10.6 Å². The molecule has 0 bridgehead atoms. The molecule has 9 heteroatoms. The van der Waals surface area contributed by atoms with E-state index < -0.39 is 22.0 Å². The van der Waals surface area contributed by atoms with Crippen LogP contribution in [0.3, 0.4) is 0 Å². The van der Waals surface area contributed by atoms with Crippen molar-refractivity contribution in [3.05, 3.63) is 48.3 Å². The predicted octanol–water partition coefficient (Wildman–Crippen LogP) is 2.79. The molecule has 2 N–H and O–H groups in total. The Morgan fingerprint density at radius 3 is 2.48 bits per heavy atom. The molecular weight excluding hydrogens is 368 g/mol. The van der Waals surface area contributed by atoms with Gasteiger partial charge in [0.1, 0.15) is 4.90 Å². The highest BCUT2D eigenvalue weighted by molar-refractivity contribution is 7.90. The van der Waals surface area contributed by atoms with Gasteiger partial charge in [-0.25, -0.2) is 13.2 Å². The van der Waals surface area contributed by atoms with Crippen molar-refractivity contribution in [2.75, 3.05) is 5.32 Å². The molecule has 0 aliphatic rings. The first-order valence-electron chi connectivity index (χ1n) is 8.27. The molecule has 0 aliphatic carbocycles. The third-order valence-electron chi connectivity index (χ3n) is 3.48. The maximum atomic E-state index is 13.0. The fourth-order valence-electron chi connectivity index (χ4n) is 2.39. The average Bonchev–Trinajstić information content (AvgIpc) is 2.53. The number of aromatic nitrogens is 1. The van der Waals surface area contributed by atoms with Crippen LogP contribution in [-0.2, 0) is 14.8 Å². The van der Waals surface area contributed by atoms with Gasteiger partial charge in [-0.05, 0) is 44.5 Å². The summed E-state index contributed by atoms with van der Waals surface area (Å²) in [7, 11) is -4.46. The second-order valence-corrected chi connectivity index (χ2v) is 8.01. The number of pyridine rings is 1. The summed E-state index contributed by atoms with van der Waals surface area (Å²) >= 11 is 0. The van der Waals surface area contributed by atoms with Crippen molar-refractivity contribution >= 4 is 33.3 Å². The lowest BCUT2D eigenvalue weighted by molar-refractivity contribution is -0.122. The van der Waals surface area contributed by atoms with Crippen molar-refractivity contribution < 1.29 is 18.0 Å². The van der Waals surface area contributed by atoms with Crippen LogP contribution in [0.1, 0.15) is 26.3 Å². The smallest absolute Gasteiger partial charge is 0.338 e. The van der Waals surface area contributed by atoms with E-state index in [1.165, 1.54) is 12.3 Å². The van der Waals surface area contributed by atoms with Gasteiger partial charge in [0.25, 0.3) is 10.0 Å². The summed E-state index contributed by atoms with van der Waals surface area (Å²) in [6, 6.07) is 7.46. The lowest BCUT2D eigenvalue weighted by Crippen LogP contribution is -2.48. The highest BCUT2D eigenvalue weighted by Gasteiger charge is 2.35. The molecule has 0 aliphatic heterocycles. The first-order chi connectivity index (χ1) is 12.6. The number of hydrogen-bond acceptors (Lipinski definition) is 6. The van der Waals surface area contributed by atoms with Gasteiger partial charge in [-0.15, -0.1) is 0 Å². The van der Waals surface area contributed by atoms with Crippen LogP contribution in [0.2, 0.25) is 0 Å². The number of benzene rings is 1. The maximum Gasteiger partial charge on any atom is 0.338 e. The molecule has 1 aromatic heterocycles. The number of sulfonamides is 1. The zero-order chi connectivity index (χ0) is 20.2. The molecule has 2 aromatic rings. The van der Waals surface area contributed by atoms with Crippen molar-refractivity contribution in [1.82, 2.24) is 14.6 Å². The number of carbonyl (C=O) groups is 2. The van der Waals surface area contributed by atoms with E-state index in [2.05, 4.69) is 15.6 Å². The number of hydrogen-bond donors (Lipinski definition) is 2. The van der Waals surface area contributed by atoms with Crippen LogP contribution in [-0.4, -0.2) is 35.7 Å². The lowest BCUT2D eigenvalue weighted by Gasteiger charge is -2.22. The minimum Gasteiger partial charge on any atom is -0.354 e. The third kappa shape index (κ3) is 4.82. The predicted molar refractivity (Wildman–Crippen MR) is 102 cm³/mol. The lowest BCUT2D eigenvalue weighted by atomic mass is 10.2. The van der Waals surface area contributed by atoms with E-state index in [0.717, 1.165) is 18.7 Å². The van der Waals surface area contributed by atoms with E-state index in [1.807, 2.05) is 25.1 Å². The van der Waals surface area contributed by atoms with Gasteiger partial charge in [0.2, 0.25) is 5.91 Å². The number of nitrogens with one attached hydrogen (secondary N) is 2. The van der Waals surface area contributed by atoms with Crippen molar-refractivity contribution in [3.63, 3.8) is 0 Å². The number of imide groups is 1. The Labute approximate surface area is 158 Å². The molecular formula is C18H22N4O4S. The Morgan fingerprint density at radius 2 is 1.89 bits per heavy atom. The van der Waals surface area contributed by atoms with Crippen LogP contribution in [0.25, 0.3) is 0 Å². The van der Waals surface area contributed by atoms with Crippen LogP contribution in [0, 0.1) is 6.92 Å². The summed E-state index contributed by atoms with van der Waals surface area (Å²) in [5.41, 5.74) is 1.86. The molecule has 0 spiro atoms. The molecule has 1 heterocycles. The fraction of sp³-hybridized carbons (Fsp3) is 0.278. The van der Waals surface area contributed by atoms with E-state index in [-0.39, 0.29) is 20.9 Å². The molecule has 27 heavy (non-hydrogen) atoms. The first-order valence-corrected chi connectivity index (χ1v) is 9.71. The second kappa shape index (κ2) is 8.17. The molecule has 0 saturated carbocycles. The Hall–Kier alpha value is -2.94. The topological polar surface area (TPSA) is 108 Å². The molecule has 8 nitrogen and oxygen atoms in total. The summed E-state index contributed by atoms with van der Waals surface area (Å²) in [5, 5.41) is 5.43. The molecule has 0 atom stereocenters. The van der Waals surface area contributed by atoms with Gasteiger partial charge in [-0.2, -0.15) is 4.31 Å². The van der Waals surface area contributed by atoms with Crippen molar-refractivity contribution in [1.29, 1.82) is 0 Å². The summed E-state index contributed by atoms with van der Waals surface area (Å²) < 4.78 is 26.3. The molecule has 3 amide bonds. The molecule has 0 fully saturated rings. The van der Waals surface area contributed by atoms with Gasteiger partial charge in [0.05, 0.1) is 5.69 Å². The number of nitrogens with zero attached hydrogens (tertiary/aromatic N) is 2. The van der Waals surface area contributed by atoms with Crippen LogP contribution in [0.4, 0.5) is 16.2 Å². The molecule has 0 radical (unpaired) electrons. The molecule has 0 saturated heterocycles. The summed E-state index contributed by atoms with van der Waals surface area (Å²) in [4.78, 5) is 27.8. The minimum atomic E-state index is -4.46. The number of carbonyl (C=O) groups excluding carboxylic acids is 2. The maximum absolute atomic E-state index is 13.0. The Morgan fingerprint density at radius 1 is 1.19 bits per heavy atom. The van der Waals surface area contributed by atoms with E-state index in [0.29, 0.717) is 5.69 Å². The van der Waals surface area contributed by atoms with Crippen LogP contribution >= 0.6 is 0 Å². The van der Waals surface area contributed by atoms with E-state index >= 15 is 0 Å². The Bertz CT molecular complexity index is 957. The molecule has 2 rings (SSSR count). The van der Waals surface area contributed by atoms with E-state index in [9.17, 15) is 18.0 Å². The summed E-state index contributed by atoms with van der Waals surface area (Å²) in [5.74, 6) is -0.918. The second-order valence-electron chi connectivity index (χ2n) is 6.26. The number of rotatable bonds is 5. The van der Waals surface area contributed by atoms with Gasteiger partial charge in [0.15, 0.2) is 0 Å².